The van der Waals surface area contributed by atoms with E-state index in [9.17, 15) is 14.0 Å². The van der Waals surface area contributed by atoms with Crippen LogP contribution in [-0.4, -0.2) is 46.1 Å². The van der Waals surface area contributed by atoms with Crippen LogP contribution in [0.5, 0.6) is 0 Å². The average Bonchev–Trinajstić information content (AvgIpc) is 3.23. The zero-order valence-corrected chi connectivity index (χ0v) is 19.6. The average molecular weight is 455 g/mol. The molecule has 1 N–H and O–H groups in total. The van der Waals surface area contributed by atoms with Gasteiger partial charge in [-0.15, -0.1) is 0 Å². The van der Waals surface area contributed by atoms with Crippen LogP contribution in [0.3, 0.4) is 0 Å². The van der Waals surface area contributed by atoms with E-state index >= 15 is 0 Å². The van der Waals surface area contributed by atoms with Gasteiger partial charge in [-0.05, 0) is 69.2 Å². The normalized spacial score (nSPS) is 18.1. The number of benzene rings is 1. The van der Waals surface area contributed by atoms with Gasteiger partial charge < -0.3 is 10.2 Å². The van der Waals surface area contributed by atoms with Gasteiger partial charge in [0.15, 0.2) is 5.69 Å². The molecular weight excluding hydrogens is 419 g/mol. The van der Waals surface area contributed by atoms with Gasteiger partial charge in [0.05, 0.1) is 11.6 Å². The second-order valence-corrected chi connectivity index (χ2v) is 9.31. The van der Waals surface area contributed by atoms with Crippen LogP contribution in [0.1, 0.15) is 80.0 Å². The minimum Gasteiger partial charge on any atom is -0.356 e. The zero-order valence-electron chi connectivity index (χ0n) is 19.6. The summed E-state index contributed by atoms with van der Waals surface area (Å²) in [7, 11) is 0. The topological polar surface area (TPSA) is 67.2 Å². The predicted octanol–water partition coefficient (Wildman–Crippen LogP) is 4.44. The molecule has 33 heavy (non-hydrogen) atoms. The first-order valence-corrected chi connectivity index (χ1v) is 12.5. The Morgan fingerprint density at radius 1 is 1.09 bits per heavy atom. The number of hydrogen-bond donors (Lipinski definition) is 1. The van der Waals surface area contributed by atoms with Crippen LogP contribution in [0.15, 0.2) is 24.3 Å². The van der Waals surface area contributed by atoms with Gasteiger partial charge in [-0.1, -0.05) is 26.2 Å². The molecule has 1 unspecified atom stereocenters. The van der Waals surface area contributed by atoms with Crippen molar-refractivity contribution in [3.63, 3.8) is 0 Å². The fourth-order valence-corrected chi connectivity index (χ4v) is 5.00. The number of aromatic nitrogens is 2. The van der Waals surface area contributed by atoms with Crippen molar-refractivity contribution in [1.82, 2.24) is 20.0 Å². The molecule has 7 heteroatoms. The molecule has 0 bridgehead atoms. The van der Waals surface area contributed by atoms with Gasteiger partial charge in [0, 0.05) is 30.9 Å². The number of nitrogens with zero attached hydrogens (tertiary/aromatic N) is 3. The first-order chi connectivity index (χ1) is 16.1. The molecule has 1 aromatic heterocycles. The molecule has 1 fully saturated rings. The Balaban J connectivity index is 1.47. The molecule has 1 aliphatic carbocycles. The van der Waals surface area contributed by atoms with Crippen molar-refractivity contribution >= 4 is 11.8 Å². The predicted molar refractivity (Wildman–Crippen MR) is 126 cm³/mol. The third-order valence-corrected chi connectivity index (χ3v) is 6.86. The van der Waals surface area contributed by atoms with Crippen molar-refractivity contribution < 1.29 is 14.0 Å². The molecule has 1 aliphatic heterocycles. The summed E-state index contributed by atoms with van der Waals surface area (Å²) in [5.74, 6) is -0.486. The molecule has 0 spiro atoms. The number of rotatable bonds is 8. The van der Waals surface area contributed by atoms with E-state index in [2.05, 4.69) is 12.2 Å². The summed E-state index contributed by atoms with van der Waals surface area (Å²) in [6.45, 7) is 3.97. The highest BCUT2D eigenvalue weighted by molar-refractivity contribution is 5.94. The number of piperidine rings is 1. The summed E-state index contributed by atoms with van der Waals surface area (Å²) in [5.41, 5.74) is 3.33. The first kappa shape index (κ1) is 23.5. The molecule has 2 heterocycles. The van der Waals surface area contributed by atoms with Crippen LogP contribution in [0.2, 0.25) is 0 Å². The SMILES string of the molecule is CCCCCCNC(=O)C1CCCN(C(=O)c2nn(-c3ccc(F)cc3)c3c2CCCC3)C1. The van der Waals surface area contributed by atoms with E-state index < -0.39 is 0 Å². The Bertz CT molecular complexity index is 969. The second kappa shape index (κ2) is 10.9. The molecule has 4 rings (SSSR count). The summed E-state index contributed by atoms with van der Waals surface area (Å²) in [4.78, 5) is 28.0. The maximum absolute atomic E-state index is 13.5. The number of fused-ring (bicyclic) bond motifs is 1. The zero-order chi connectivity index (χ0) is 23.2. The van der Waals surface area contributed by atoms with Gasteiger partial charge in [0.25, 0.3) is 5.91 Å². The highest BCUT2D eigenvalue weighted by Gasteiger charge is 2.33. The second-order valence-electron chi connectivity index (χ2n) is 9.31. The Labute approximate surface area is 195 Å². The third-order valence-electron chi connectivity index (χ3n) is 6.86. The molecule has 0 radical (unpaired) electrons. The van der Waals surface area contributed by atoms with E-state index in [0.29, 0.717) is 25.3 Å². The van der Waals surface area contributed by atoms with Crippen LogP contribution in [0, 0.1) is 11.7 Å². The molecule has 1 atom stereocenters. The van der Waals surface area contributed by atoms with Crippen LogP contribution < -0.4 is 5.32 Å². The number of halogens is 1. The number of likely N-dealkylation sites (tertiary alicyclic amines) is 1. The van der Waals surface area contributed by atoms with Crippen molar-refractivity contribution in [3.05, 3.63) is 47.0 Å². The molecule has 178 valence electrons. The maximum atomic E-state index is 13.5. The van der Waals surface area contributed by atoms with Crippen molar-refractivity contribution in [3.8, 4) is 5.69 Å². The van der Waals surface area contributed by atoms with Gasteiger partial charge in [0.2, 0.25) is 5.91 Å². The highest BCUT2D eigenvalue weighted by atomic mass is 19.1. The van der Waals surface area contributed by atoms with Gasteiger partial charge in [-0.3, -0.25) is 9.59 Å². The van der Waals surface area contributed by atoms with E-state index in [1.54, 1.807) is 17.0 Å². The number of nitrogens with one attached hydrogen (secondary N) is 1. The van der Waals surface area contributed by atoms with Crippen LogP contribution in [0.25, 0.3) is 5.69 Å². The third kappa shape index (κ3) is 5.45. The first-order valence-electron chi connectivity index (χ1n) is 12.5. The lowest BCUT2D eigenvalue weighted by atomic mass is 9.93. The number of carbonyl (C=O) groups is 2. The molecule has 6 nitrogen and oxygen atoms in total. The molecule has 2 aliphatic rings. The van der Waals surface area contributed by atoms with E-state index in [0.717, 1.165) is 68.3 Å². The Morgan fingerprint density at radius 3 is 2.67 bits per heavy atom. The fraction of sp³-hybridized carbons (Fsp3) is 0.577. The molecule has 0 saturated carbocycles. The molecule has 2 amide bonds. The lowest BCUT2D eigenvalue weighted by Crippen LogP contribution is -2.46. The van der Waals surface area contributed by atoms with Gasteiger partial charge in [0.1, 0.15) is 5.82 Å². The lowest BCUT2D eigenvalue weighted by Gasteiger charge is -2.32. The Hall–Kier alpha value is -2.70. The summed E-state index contributed by atoms with van der Waals surface area (Å²) in [6.07, 6.45) is 9.90. The lowest BCUT2D eigenvalue weighted by molar-refractivity contribution is -0.126. The number of amides is 2. The van der Waals surface area contributed by atoms with Crippen LogP contribution >= 0.6 is 0 Å². The number of carbonyl (C=O) groups excluding carboxylic acids is 2. The van der Waals surface area contributed by atoms with E-state index in [4.69, 9.17) is 5.10 Å². The largest absolute Gasteiger partial charge is 0.356 e. The van der Waals surface area contributed by atoms with Crippen molar-refractivity contribution in [2.24, 2.45) is 5.92 Å². The molecule has 2 aromatic rings. The Kier molecular flexibility index (Phi) is 7.78. The highest BCUT2D eigenvalue weighted by Crippen LogP contribution is 2.29. The summed E-state index contributed by atoms with van der Waals surface area (Å²) in [5, 5.41) is 7.78. The Morgan fingerprint density at radius 2 is 1.88 bits per heavy atom. The van der Waals surface area contributed by atoms with Crippen LogP contribution in [0.4, 0.5) is 4.39 Å². The monoisotopic (exact) mass is 454 g/mol. The minimum absolute atomic E-state index is 0.0582. The molecule has 1 saturated heterocycles. The van der Waals surface area contributed by atoms with Crippen molar-refractivity contribution in [2.45, 2.75) is 71.1 Å². The van der Waals surface area contributed by atoms with Crippen molar-refractivity contribution in [1.29, 1.82) is 0 Å². The smallest absolute Gasteiger partial charge is 0.274 e. The fourth-order valence-electron chi connectivity index (χ4n) is 5.00. The number of unbranched alkanes of at least 4 members (excludes halogenated alkanes) is 3. The van der Waals surface area contributed by atoms with Gasteiger partial charge in [-0.2, -0.15) is 5.10 Å². The van der Waals surface area contributed by atoms with Crippen molar-refractivity contribution in [2.75, 3.05) is 19.6 Å². The molecule has 1 aromatic carbocycles. The maximum Gasteiger partial charge on any atom is 0.274 e. The summed E-state index contributed by atoms with van der Waals surface area (Å²) in [6, 6.07) is 6.24. The van der Waals surface area contributed by atoms with E-state index in [-0.39, 0.29) is 23.5 Å². The van der Waals surface area contributed by atoms with Crippen LogP contribution in [-0.2, 0) is 17.6 Å². The van der Waals surface area contributed by atoms with Gasteiger partial charge >= 0.3 is 0 Å². The summed E-state index contributed by atoms with van der Waals surface area (Å²) >= 11 is 0. The standard InChI is InChI=1S/C26H35FN4O2/c1-2-3-4-7-16-28-25(32)19-9-8-17-30(18-19)26(33)24-22-10-5-6-11-23(22)31(29-24)21-14-12-20(27)13-15-21/h12-15,19H,2-11,16-18H2,1H3,(H,28,32). The number of hydrogen-bond acceptors (Lipinski definition) is 3. The van der Waals surface area contributed by atoms with Gasteiger partial charge in [-0.25, -0.2) is 9.07 Å². The summed E-state index contributed by atoms with van der Waals surface area (Å²) < 4.78 is 15.2. The van der Waals surface area contributed by atoms with E-state index in [1.165, 1.54) is 25.0 Å². The van der Waals surface area contributed by atoms with E-state index in [1.807, 2.05) is 4.68 Å². The molecular formula is C26H35FN4O2. The quantitative estimate of drug-likeness (QED) is 0.600. The minimum atomic E-state index is -0.293.